The van der Waals surface area contributed by atoms with Gasteiger partial charge in [0.05, 0.1) is 5.69 Å². The molecule has 3 N–H and O–H groups in total. The average Bonchev–Trinajstić information content (AvgIpc) is 3.36. The molecule has 0 aromatic heterocycles. The normalized spacial score (nSPS) is 10.5. The van der Waals surface area contributed by atoms with E-state index in [1.165, 1.54) is 108 Å². The van der Waals surface area contributed by atoms with Gasteiger partial charge in [0.15, 0.2) is 0 Å². The molecular weight excluding hydrogens is 1050 g/mol. The largest absolute Gasteiger partial charge is 0.481 e. The molecule has 0 radical (unpaired) electrons. The minimum Gasteiger partial charge on any atom is -0.481 e. The van der Waals surface area contributed by atoms with Gasteiger partial charge < -0.3 is 20.4 Å². The molecule has 12 aromatic rings. The van der Waals surface area contributed by atoms with Gasteiger partial charge in [0.2, 0.25) is 0 Å². The molecule has 0 bridgehead atoms. The summed E-state index contributed by atoms with van der Waals surface area (Å²) in [7, 11) is 0. The molecule has 0 aliphatic carbocycles. The van der Waals surface area contributed by atoms with Crippen LogP contribution in [0.2, 0.25) is 0 Å². The van der Waals surface area contributed by atoms with Crippen LogP contribution in [-0.4, -0.2) is 22.2 Å². The van der Waals surface area contributed by atoms with Gasteiger partial charge in [-0.2, -0.15) is 0 Å². The third-order valence-electron chi connectivity index (χ3n) is 12.2. The number of benzene rings is 12. The van der Waals surface area contributed by atoms with Gasteiger partial charge in [-0.25, -0.2) is 0 Å². The molecule has 12 rings (SSSR count). The van der Waals surface area contributed by atoms with Crippen molar-refractivity contribution >= 4 is 121 Å². The number of anilines is 5. The van der Waals surface area contributed by atoms with Gasteiger partial charge in [-0.1, -0.05) is 184 Å². The van der Waals surface area contributed by atoms with E-state index in [1.807, 2.05) is 0 Å². The molecule has 12 aromatic carbocycles. The van der Waals surface area contributed by atoms with Gasteiger partial charge in [-0.15, -0.1) is 0 Å². The third-order valence-corrected chi connectivity index (χ3v) is 12.9. The first-order valence-electron chi connectivity index (χ1n) is 23.5. The molecule has 0 aliphatic rings. The van der Waals surface area contributed by atoms with Crippen LogP contribution in [-0.2, 0) is 30.0 Å². The number of nitrogens with zero attached hydrogens (tertiary/aromatic N) is 1. The van der Waals surface area contributed by atoms with Crippen molar-refractivity contribution in [2.24, 2.45) is 0 Å². The van der Waals surface area contributed by atoms with E-state index in [1.54, 1.807) is 0 Å². The number of hydrogen-bond acceptors (Lipinski definition) is 4. The Morgan fingerprint density at radius 1 is 0.389 bits per heavy atom. The van der Waals surface area contributed by atoms with Crippen molar-refractivity contribution in [1.82, 2.24) is 0 Å². The van der Waals surface area contributed by atoms with Crippen LogP contribution >= 0.6 is 15.9 Å². The number of hydrogen-bond donors (Lipinski definition) is 3. The summed E-state index contributed by atoms with van der Waals surface area (Å²) >= 11 is 3.64. The van der Waals surface area contributed by atoms with Crippen LogP contribution in [0.25, 0.3) is 64.6 Å². The van der Waals surface area contributed by atoms with E-state index in [4.69, 9.17) is 19.8 Å². The average molecular weight is 1100 g/mol. The predicted molar refractivity (Wildman–Crippen MR) is 304 cm³/mol. The van der Waals surface area contributed by atoms with Gasteiger partial charge in [0.1, 0.15) is 0 Å². The summed E-state index contributed by atoms with van der Waals surface area (Å²) in [4.78, 5) is 20.4. The van der Waals surface area contributed by atoms with Crippen molar-refractivity contribution < 1.29 is 40.2 Å². The summed E-state index contributed by atoms with van der Waals surface area (Å²) in [5.74, 6) is -1.67. The maximum Gasteiger partial charge on any atom is 0.300 e. The second-order valence-electron chi connectivity index (χ2n) is 17.7. The summed E-state index contributed by atoms with van der Waals surface area (Å²) in [6.07, 6.45) is 0. The van der Waals surface area contributed by atoms with E-state index in [2.05, 4.69) is 260 Å². The predicted octanol–water partition coefficient (Wildman–Crippen LogP) is 18.2. The molecule has 0 saturated heterocycles. The second kappa shape index (κ2) is 23.5. The number of carboxylic acids is 2. The molecule has 0 atom stereocenters. The van der Waals surface area contributed by atoms with Gasteiger partial charge in [-0.05, 0) is 148 Å². The molecule has 0 aliphatic heterocycles. The van der Waals surface area contributed by atoms with E-state index in [0.717, 1.165) is 25.2 Å². The first kappa shape index (κ1) is 52.2. The second-order valence-corrected chi connectivity index (χ2v) is 18.6. The Balaban J connectivity index is 0.000000157. The molecular formula is C64H55BrN2O4Pd. The van der Waals surface area contributed by atoms with Crippen molar-refractivity contribution in [2.45, 2.75) is 41.5 Å². The van der Waals surface area contributed by atoms with Crippen LogP contribution in [0.4, 0.5) is 28.4 Å². The Hall–Kier alpha value is -7.60. The number of rotatable bonds is 5. The molecule has 0 unspecified atom stereocenters. The fourth-order valence-electron chi connectivity index (χ4n) is 8.87. The first-order chi connectivity index (χ1) is 34.2. The molecule has 0 spiro atoms. The zero-order chi connectivity index (χ0) is 50.2. The Labute approximate surface area is 443 Å². The van der Waals surface area contributed by atoms with Crippen molar-refractivity contribution in [3.05, 3.63) is 233 Å². The van der Waals surface area contributed by atoms with Crippen LogP contribution in [0.5, 0.6) is 0 Å². The number of nitrogens with one attached hydrogen (secondary N) is 1. The molecule has 362 valence electrons. The van der Waals surface area contributed by atoms with Crippen molar-refractivity contribution in [3.8, 4) is 0 Å². The maximum absolute atomic E-state index is 9.00. The molecule has 0 saturated carbocycles. The van der Waals surface area contributed by atoms with Crippen molar-refractivity contribution in [3.63, 3.8) is 0 Å². The fourth-order valence-corrected chi connectivity index (χ4v) is 9.33. The number of halogens is 1. The monoisotopic (exact) mass is 1100 g/mol. The summed E-state index contributed by atoms with van der Waals surface area (Å²) in [5.41, 5.74) is 10.9. The number of aryl methyl sites for hydroxylation is 4. The molecule has 8 heteroatoms. The quantitative estimate of drug-likeness (QED) is 0.118. The fraction of sp³-hybridized carbons (Fsp3) is 0.0938. The molecule has 0 heterocycles. The van der Waals surface area contributed by atoms with E-state index >= 15 is 0 Å². The Kier molecular flexibility index (Phi) is 17.1. The Morgan fingerprint density at radius 3 is 1.07 bits per heavy atom. The smallest absolute Gasteiger partial charge is 0.300 e. The van der Waals surface area contributed by atoms with Crippen LogP contribution in [0.1, 0.15) is 36.1 Å². The van der Waals surface area contributed by atoms with Crippen LogP contribution in [0, 0.1) is 27.7 Å². The van der Waals surface area contributed by atoms with Crippen LogP contribution in [0.15, 0.2) is 211 Å². The van der Waals surface area contributed by atoms with E-state index in [0.29, 0.717) is 0 Å². The molecule has 0 amide bonds. The van der Waals surface area contributed by atoms with Gasteiger partial charge in [0, 0.05) is 66.9 Å². The topological polar surface area (TPSA) is 89.9 Å². The molecule has 0 fully saturated rings. The number of aliphatic carboxylic acids is 2. The summed E-state index contributed by atoms with van der Waals surface area (Å²) in [6.45, 7) is 10.6. The summed E-state index contributed by atoms with van der Waals surface area (Å²) in [5, 5.41) is 34.0. The SMILES string of the molecule is Brc1ccc2ccc3cccc4ccc1c2c34.CC(=O)O.CC(=O)O.Cc1ccc(N(c2ccc(C)cc2)c2ccc3ccc4cccc5ccc2c3c45)cc1.Cc1ccc(Nc2ccc(C)cc2)cc1.[Pd]. The third kappa shape index (κ3) is 12.3. The number of carbonyl (C=O) groups is 2. The maximum atomic E-state index is 9.00. The molecule has 6 nitrogen and oxygen atoms in total. The van der Waals surface area contributed by atoms with Crippen LogP contribution < -0.4 is 10.2 Å². The van der Waals surface area contributed by atoms with Crippen molar-refractivity contribution in [1.29, 1.82) is 0 Å². The van der Waals surface area contributed by atoms with Crippen LogP contribution in [0.3, 0.4) is 0 Å². The standard InChI is InChI=1S/C30H23N.C16H9Br.C14H15N.2C2H4O2.Pd/c1-20-6-14-25(15-7-20)31(26-16-8-21(2)9-17-26)28-19-13-24-11-10-22-4-3-5-23-12-18-27(28)30(24)29(22)23;17-14-9-7-12-5-4-10-2-1-3-11-6-8-13(14)16(12)15(10)11;1-11-3-7-13(8-4-11)15-14-9-5-12(2)6-10-14;2*1-2(3)4;/h3-19H,1-2H3;1-9H;3-10,15H,1-2H3;2*1H3,(H,3,4);. The van der Waals surface area contributed by atoms with E-state index < -0.39 is 11.9 Å². The first-order valence-corrected chi connectivity index (χ1v) is 24.2. The minimum absolute atomic E-state index is 0. The Morgan fingerprint density at radius 2 is 0.681 bits per heavy atom. The van der Waals surface area contributed by atoms with Gasteiger partial charge in [-0.3, -0.25) is 9.59 Å². The zero-order valence-electron chi connectivity index (χ0n) is 41.0. The van der Waals surface area contributed by atoms with Gasteiger partial charge >= 0.3 is 0 Å². The van der Waals surface area contributed by atoms with Crippen molar-refractivity contribution in [2.75, 3.05) is 10.2 Å². The summed E-state index contributed by atoms with van der Waals surface area (Å²) < 4.78 is 1.17. The molecule has 72 heavy (non-hydrogen) atoms. The van der Waals surface area contributed by atoms with Gasteiger partial charge in [0.25, 0.3) is 11.9 Å². The van der Waals surface area contributed by atoms with E-state index in [-0.39, 0.29) is 20.4 Å². The zero-order valence-corrected chi connectivity index (χ0v) is 44.1. The van der Waals surface area contributed by atoms with E-state index in [9.17, 15) is 0 Å². The number of carboxylic acid groups (broad SMARTS) is 2. The Bertz CT molecular complexity index is 3610. The minimum atomic E-state index is -0.833. The summed E-state index contributed by atoms with van der Waals surface area (Å²) in [6, 6.07) is 74.2.